The molecule has 0 spiro atoms. The third-order valence-electron chi connectivity index (χ3n) is 3.28. The third-order valence-corrected chi connectivity index (χ3v) is 6.39. The van der Waals surface area contributed by atoms with E-state index in [9.17, 15) is 16.8 Å². The topological polar surface area (TPSA) is 118 Å². The maximum absolute atomic E-state index is 11.7. The Hall–Kier alpha value is -1.42. The average Bonchev–Trinajstić information content (AvgIpc) is 2.78. The number of aromatic nitrogens is 2. The molecule has 0 saturated carbocycles. The summed E-state index contributed by atoms with van der Waals surface area (Å²) in [6.07, 6.45) is 1.91. The number of sulfone groups is 1. The molecule has 10 heteroatoms. The summed E-state index contributed by atoms with van der Waals surface area (Å²) in [5.74, 6) is 0.887. The molecule has 2 heterocycles. The first kappa shape index (κ1) is 16.9. The van der Waals surface area contributed by atoms with E-state index >= 15 is 0 Å². The van der Waals surface area contributed by atoms with Gasteiger partial charge in [0.25, 0.3) is 0 Å². The van der Waals surface area contributed by atoms with E-state index in [4.69, 9.17) is 0 Å². The Morgan fingerprint density at radius 1 is 1.27 bits per heavy atom. The molecule has 1 aliphatic rings. The van der Waals surface area contributed by atoms with Gasteiger partial charge in [0.05, 0.1) is 17.3 Å². The van der Waals surface area contributed by atoms with Crippen molar-refractivity contribution in [3.63, 3.8) is 0 Å². The second-order valence-electron chi connectivity index (χ2n) is 5.32. The molecule has 1 fully saturated rings. The first-order valence-corrected chi connectivity index (χ1v) is 10.6. The number of hydrogen-bond acceptors (Lipinski definition) is 7. The fraction of sp³-hybridized carbons (Fsp3) is 0.667. The van der Waals surface area contributed by atoms with Crippen molar-refractivity contribution in [3.05, 3.63) is 12.1 Å². The Labute approximate surface area is 130 Å². The van der Waals surface area contributed by atoms with Crippen molar-refractivity contribution in [2.24, 2.45) is 0 Å². The second kappa shape index (κ2) is 6.78. The van der Waals surface area contributed by atoms with E-state index in [2.05, 4.69) is 20.2 Å². The minimum Gasteiger partial charge on any atom is -0.365 e. The highest BCUT2D eigenvalue weighted by atomic mass is 32.2. The molecule has 22 heavy (non-hydrogen) atoms. The van der Waals surface area contributed by atoms with Crippen LogP contribution in [0.3, 0.4) is 0 Å². The van der Waals surface area contributed by atoms with Crippen LogP contribution in [0.1, 0.15) is 26.2 Å². The van der Waals surface area contributed by atoms with Gasteiger partial charge in [-0.15, -0.1) is 10.2 Å². The zero-order chi connectivity index (χ0) is 16.2. The van der Waals surface area contributed by atoms with Crippen molar-refractivity contribution in [2.75, 3.05) is 27.3 Å². The Morgan fingerprint density at radius 3 is 2.50 bits per heavy atom. The molecule has 1 atom stereocenters. The standard InChI is InChI=1S/C12H20N4O4S2/c1-2-3-7-22(19,20)16-12-5-4-11(14-15-12)13-10-6-8-21(17,18)9-10/h4-5,10H,2-3,6-9H2,1H3,(H,13,14)(H,15,16). The van der Waals surface area contributed by atoms with Gasteiger partial charge in [0.2, 0.25) is 10.0 Å². The van der Waals surface area contributed by atoms with E-state index in [-0.39, 0.29) is 29.1 Å². The van der Waals surface area contributed by atoms with Crippen LogP contribution >= 0.6 is 0 Å². The summed E-state index contributed by atoms with van der Waals surface area (Å²) in [7, 11) is -6.36. The first-order chi connectivity index (χ1) is 10.3. The number of sulfonamides is 1. The number of rotatable bonds is 7. The molecule has 1 aromatic rings. The zero-order valence-electron chi connectivity index (χ0n) is 12.3. The minimum atomic E-state index is -3.40. The highest BCUT2D eigenvalue weighted by Crippen LogP contribution is 2.16. The second-order valence-corrected chi connectivity index (χ2v) is 9.39. The van der Waals surface area contributed by atoms with Gasteiger partial charge in [-0.2, -0.15) is 0 Å². The number of anilines is 2. The quantitative estimate of drug-likeness (QED) is 0.741. The third kappa shape index (κ3) is 5.09. The molecular weight excluding hydrogens is 328 g/mol. The van der Waals surface area contributed by atoms with Crippen molar-refractivity contribution < 1.29 is 16.8 Å². The Kier molecular flexibility index (Phi) is 5.22. The van der Waals surface area contributed by atoms with Crippen molar-refractivity contribution in [1.29, 1.82) is 0 Å². The van der Waals surface area contributed by atoms with Gasteiger partial charge >= 0.3 is 0 Å². The molecule has 1 saturated heterocycles. The lowest BCUT2D eigenvalue weighted by Crippen LogP contribution is -2.22. The predicted octanol–water partition coefficient (Wildman–Crippen LogP) is 0.617. The fourth-order valence-corrected chi connectivity index (χ4v) is 5.00. The summed E-state index contributed by atoms with van der Waals surface area (Å²) in [6, 6.07) is 2.91. The van der Waals surface area contributed by atoms with Crippen molar-refractivity contribution in [3.8, 4) is 0 Å². The van der Waals surface area contributed by atoms with Gasteiger partial charge in [-0.1, -0.05) is 13.3 Å². The van der Waals surface area contributed by atoms with Crippen LogP contribution in [0, 0.1) is 0 Å². The summed E-state index contributed by atoms with van der Waals surface area (Å²) in [4.78, 5) is 0. The summed E-state index contributed by atoms with van der Waals surface area (Å²) >= 11 is 0. The highest BCUT2D eigenvalue weighted by molar-refractivity contribution is 7.92. The fourth-order valence-electron chi connectivity index (χ4n) is 2.13. The van der Waals surface area contributed by atoms with Gasteiger partial charge in [-0.25, -0.2) is 16.8 Å². The monoisotopic (exact) mass is 348 g/mol. The zero-order valence-corrected chi connectivity index (χ0v) is 14.0. The molecular formula is C12H20N4O4S2. The van der Waals surface area contributed by atoms with Crippen molar-refractivity contribution in [2.45, 2.75) is 32.2 Å². The van der Waals surface area contributed by atoms with Crippen LogP contribution in [0.4, 0.5) is 11.6 Å². The van der Waals surface area contributed by atoms with Crippen LogP contribution in [0.5, 0.6) is 0 Å². The maximum atomic E-state index is 11.7. The molecule has 2 N–H and O–H groups in total. The van der Waals surface area contributed by atoms with Gasteiger partial charge in [0.1, 0.15) is 5.82 Å². The highest BCUT2D eigenvalue weighted by Gasteiger charge is 2.27. The van der Waals surface area contributed by atoms with Crippen molar-refractivity contribution in [1.82, 2.24) is 10.2 Å². The number of unbranched alkanes of at least 4 members (excludes halogenated alkanes) is 1. The van der Waals surface area contributed by atoms with Crippen LogP contribution in [0.2, 0.25) is 0 Å². The summed E-state index contributed by atoms with van der Waals surface area (Å²) in [5.41, 5.74) is 0. The SMILES string of the molecule is CCCCS(=O)(=O)Nc1ccc(NC2CCS(=O)(=O)C2)nn1. The van der Waals surface area contributed by atoms with Crippen LogP contribution in [0.25, 0.3) is 0 Å². The molecule has 0 aliphatic carbocycles. The summed E-state index contributed by atoms with van der Waals surface area (Å²) in [5, 5.41) is 10.7. The van der Waals surface area contributed by atoms with Crippen LogP contribution in [0.15, 0.2) is 12.1 Å². The van der Waals surface area contributed by atoms with E-state index in [1.807, 2.05) is 6.92 Å². The van der Waals surface area contributed by atoms with Gasteiger partial charge in [-0.3, -0.25) is 4.72 Å². The van der Waals surface area contributed by atoms with E-state index < -0.39 is 19.9 Å². The molecule has 1 unspecified atom stereocenters. The molecule has 0 radical (unpaired) electrons. The first-order valence-electron chi connectivity index (χ1n) is 7.11. The Morgan fingerprint density at radius 2 is 1.95 bits per heavy atom. The van der Waals surface area contributed by atoms with Crippen LogP contribution in [-0.2, 0) is 19.9 Å². The van der Waals surface area contributed by atoms with Crippen molar-refractivity contribution >= 4 is 31.5 Å². The molecule has 1 aromatic heterocycles. The molecule has 8 nitrogen and oxygen atoms in total. The number of hydrogen-bond donors (Lipinski definition) is 2. The van der Waals surface area contributed by atoms with E-state index in [0.29, 0.717) is 18.7 Å². The molecule has 0 amide bonds. The molecule has 124 valence electrons. The molecule has 0 aromatic carbocycles. The van der Waals surface area contributed by atoms with Crippen LogP contribution in [-0.4, -0.2) is 50.3 Å². The van der Waals surface area contributed by atoms with Gasteiger partial charge in [0.15, 0.2) is 15.7 Å². The smallest absolute Gasteiger partial charge is 0.233 e. The van der Waals surface area contributed by atoms with Crippen LogP contribution < -0.4 is 10.0 Å². The molecule has 0 bridgehead atoms. The van der Waals surface area contributed by atoms with Gasteiger partial charge < -0.3 is 5.32 Å². The lowest BCUT2D eigenvalue weighted by Gasteiger charge is -2.11. The van der Waals surface area contributed by atoms with E-state index in [1.165, 1.54) is 6.07 Å². The number of nitrogens with zero attached hydrogens (tertiary/aromatic N) is 2. The Balaban J connectivity index is 1.93. The molecule has 1 aliphatic heterocycles. The van der Waals surface area contributed by atoms with Gasteiger partial charge in [-0.05, 0) is 25.0 Å². The van der Waals surface area contributed by atoms with E-state index in [0.717, 1.165) is 6.42 Å². The Bertz CT molecular complexity index is 701. The largest absolute Gasteiger partial charge is 0.365 e. The molecule has 2 rings (SSSR count). The summed E-state index contributed by atoms with van der Waals surface area (Å²) < 4.78 is 48.6. The minimum absolute atomic E-state index is 0.0467. The average molecular weight is 348 g/mol. The lowest BCUT2D eigenvalue weighted by atomic mass is 10.2. The number of nitrogens with one attached hydrogen (secondary N) is 2. The predicted molar refractivity (Wildman–Crippen MR) is 85.0 cm³/mol. The van der Waals surface area contributed by atoms with Gasteiger partial charge in [0, 0.05) is 6.04 Å². The summed E-state index contributed by atoms with van der Waals surface area (Å²) in [6.45, 7) is 1.92. The maximum Gasteiger partial charge on any atom is 0.233 e. The van der Waals surface area contributed by atoms with E-state index in [1.54, 1.807) is 6.07 Å². The lowest BCUT2D eigenvalue weighted by molar-refractivity contribution is 0.597. The normalized spacial score (nSPS) is 20.7.